The smallest absolute Gasteiger partial charge is 0.271 e. The van der Waals surface area contributed by atoms with Gasteiger partial charge in [-0.15, -0.1) is 0 Å². The van der Waals surface area contributed by atoms with E-state index in [9.17, 15) is 14.0 Å². The Morgan fingerprint density at radius 3 is 2.55 bits per heavy atom. The molecule has 3 rings (SSSR count). The molecule has 2 N–H and O–H groups in total. The summed E-state index contributed by atoms with van der Waals surface area (Å²) < 4.78 is 19.0. The number of rotatable bonds is 7. The second kappa shape index (κ2) is 10.4. The number of ether oxygens (including phenoxy) is 1. The Hall–Kier alpha value is -3.71. The van der Waals surface area contributed by atoms with E-state index in [4.69, 9.17) is 16.3 Å². The van der Waals surface area contributed by atoms with E-state index in [1.807, 2.05) is 19.1 Å². The van der Waals surface area contributed by atoms with E-state index in [0.29, 0.717) is 11.1 Å². The van der Waals surface area contributed by atoms with Gasteiger partial charge >= 0.3 is 0 Å². The fraction of sp³-hybridized carbons (Fsp3) is 0.0870. The molecule has 0 aliphatic rings. The van der Waals surface area contributed by atoms with Gasteiger partial charge in [0.05, 0.1) is 16.9 Å². The number of hydrogen-bond donors (Lipinski definition) is 2. The van der Waals surface area contributed by atoms with Crippen LogP contribution in [0, 0.1) is 12.7 Å². The third kappa shape index (κ3) is 6.38. The average Bonchev–Trinajstić information content (AvgIpc) is 2.75. The third-order valence-corrected chi connectivity index (χ3v) is 4.45. The molecule has 0 heterocycles. The maximum atomic E-state index is 13.6. The summed E-state index contributed by atoms with van der Waals surface area (Å²) in [5, 5.41) is 6.60. The highest BCUT2D eigenvalue weighted by atomic mass is 35.5. The van der Waals surface area contributed by atoms with E-state index < -0.39 is 11.7 Å². The van der Waals surface area contributed by atoms with Crippen molar-refractivity contribution in [3.63, 3.8) is 0 Å². The van der Waals surface area contributed by atoms with Crippen molar-refractivity contribution in [1.29, 1.82) is 0 Å². The molecule has 2 amide bonds. The van der Waals surface area contributed by atoms with Crippen LogP contribution < -0.4 is 15.5 Å². The van der Waals surface area contributed by atoms with Gasteiger partial charge in [-0.05, 0) is 55.0 Å². The van der Waals surface area contributed by atoms with Crippen LogP contribution in [0.3, 0.4) is 0 Å². The number of aryl methyl sites for hydroxylation is 1. The van der Waals surface area contributed by atoms with Gasteiger partial charge in [0, 0.05) is 5.56 Å². The Balaban J connectivity index is 1.52. The van der Waals surface area contributed by atoms with Crippen molar-refractivity contribution in [3.8, 4) is 5.75 Å². The van der Waals surface area contributed by atoms with E-state index in [1.54, 1.807) is 36.4 Å². The fourth-order valence-corrected chi connectivity index (χ4v) is 2.79. The normalized spacial score (nSPS) is 10.7. The zero-order valence-corrected chi connectivity index (χ0v) is 17.3. The summed E-state index contributed by atoms with van der Waals surface area (Å²) in [6.07, 6.45) is 1.44. The van der Waals surface area contributed by atoms with Gasteiger partial charge in [0.2, 0.25) is 0 Å². The molecule has 158 valence electrons. The number of nitrogens with zero attached hydrogens (tertiary/aromatic N) is 1. The first-order valence-corrected chi connectivity index (χ1v) is 9.67. The van der Waals surface area contributed by atoms with E-state index in [1.165, 1.54) is 24.4 Å². The summed E-state index contributed by atoms with van der Waals surface area (Å²) in [5.41, 5.74) is 4.69. The van der Waals surface area contributed by atoms with Crippen molar-refractivity contribution in [2.75, 3.05) is 11.9 Å². The molecule has 0 aliphatic carbocycles. The third-order valence-electron chi connectivity index (χ3n) is 4.16. The molecule has 0 atom stereocenters. The van der Waals surface area contributed by atoms with Crippen LogP contribution >= 0.6 is 11.6 Å². The van der Waals surface area contributed by atoms with Crippen LogP contribution in [-0.4, -0.2) is 24.6 Å². The lowest BCUT2D eigenvalue weighted by molar-refractivity contribution is -0.118. The highest BCUT2D eigenvalue weighted by Gasteiger charge is 2.09. The zero-order chi connectivity index (χ0) is 22.2. The summed E-state index contributed by atoms with van der Waals surface area (Å²) in [6.45, 7) is 1.60. The summed E-state index contributed by atoms with van der Waals surface area (Å²) in [5.74, 6) is -1.10. The molecule has 6 nitrogen and oxygen atoms in total. The predicted octanol–water partition coefficient (Wildman–Crippen LogP) is 4.57. The summed E-state index contributed by atoms with van der Waals surface area (Å²) in [7, 11) is 0. The van der Waals surface area contributed by atoms with Gasteiger partial charge in [0.1, 0.15) is 11.6 Å². The number of hydrogen-bond acceptors (Lipinski definition) is 4. The number of carbonyl (C=O) groups excluding carboxylic acids is 2. The maximum Gasteiger partial charge on any atom is 0.271 e. The monoisotopic (exact) mass is 439 g/mol. The molecule has 3 aromatic rings. The Morgan fingerprint density at radius 1 is 1.10 bits per heavy atom. The molecule has 0 fully saturated rings. The summed E-state index contributed by atoms with van der Waals surface area (Å²) >= 11 is 6.18. The molecule has 3 aromatic carbocycles. The van der Waals surface area contributed by atoms with Crippen LogP contribution in [-0.2, 0) is 4.79 Å². The minimum Gasteiger partial charge on any atom is -0.482 e. The van der Waals surface area contributed by atoms with Crippen LogP contribution in [0.1, 0.15) is 21.5 Å². The maximum absolute atomic E-state index is 13.6. The Bertz CT molecular complexity index is 1120. The number of benzene rings is 3. The first-order chi connectivity index (χ1) is 14.9. The highest BCUT2D eigenvalue weighted by Crippen LogP contribution is 2.25. The molecular formula is C23H19ClFN3O3. The van der Waals surface area contributed by atoms with Crippen molar-refractivity contribution in [1.82, 2.24) is 5.43 Å². The second-order valence-electron chi connectivity index (χ2n) is 6.57. The molecule has 0 aromatic heterocycles. The number of hydrazone groups is 1. The van der Waals surface area contributed by atoms with E-state index in [2.05, 4.69) is 15.8 Å². The summed E-state index contributed by atoms with van der Waals surface area (Å²) in [4.78, 5) is 24.0. The molecule has 0 saturated heterocycles. The van der Waals surface area contributed by atoms with E-state index in [0.717, 1.165) is 5.56 Å². The standard InChI is InChI=1S/C23H19ClFN3O3/c1-15-6-9-17(10-7-15)23(30)28-26-13-16-8-11-21(18(24)12-16)31-14-22(29)27-20-5-3-2-4-19(20)25/h2-13H,14H2,1H3,(H,27,29)(H,28,30)/b26-13+. The minimum absolute atomic E-state index is 0.0708. The van der Waals surface area contributed by atoms with Gasteiger partial charge in [-0.1, -0.05) is 41.4 Å². The average molecular weight is 440 g/mol. The number of amides is 2. The number of carbonyl (C=O) groups is 2. The lowest BCUT2D eigenvalue weighted by atomic mass is 10.1. The Kier molecular flexibility index (Phi) is 7.35. The van der Waals surface area contributed by atoms with Gasteiger partial charge in [-0.3, -0.25) is 9.59 Å². The molecule has 0 bridgehead atoms. The topological polar surface area (TPSA) is 79.8 Å². The molecule has 0 unspecified atom stereocenters. The van der Waals surface area contributed by atoms with Crippen LogP contribution in [0.15, 0.2) is 71.8 Å². The first kappa shape index (κ1) is 22.0. The van der Waals surface area contributed by atoms with Crippen molar-refractivity contribution in [2.45, 2.75) is 6.92 Å². The Morgan fingerprint density at radius 2 is 1.84 bits per heavy atom. The summed E-state index contributed by atoms with van der Waals surface area (Å²) in [6, 6.07) is 17.8. The van der Waals surface area contributed by atoms with Gasteiger partial charge < -0.3 is 10.1 Å². The second-order valence-corrected chi connectivity index (χ2v) is 6.98. The predicted molar refractivity (Wildman–Crippen MR) is 118 cm³/mol. The van der Waals surface area contributed by atoms with E-state index >= 15 is 0 Å². The highest BCUT2D eigenvalue weighted by molar-refractivity contribution is 6.32. The lowest BCUT2D eigenvalue weighted by Crippen LogP contribution is -2.20. The lowest BCUT2D eigenvalue weighted by Gasteiger charge is -2.09. The molecular weight excluding hydrogens is 421 g/mol. The molecule has 0 radical (unpaired) electrons. The Labute approximate surface area is 183 Å². The van der Waals surface area contributed by atoms with Gasteiger partial charge in [0.25, 0.3) is 11.8 Å². The molecule has 31 heavy (non-hydrogen) atoms. The van der Waals surface area contributed by atoms with Gasteiger partial charge in [-0.2, -0.15) is 5.10 Å². The minimum atomic E-state index is -0.535. The SMILES string of the molecule is Cc1ccc(C(=O)N/N=C/c2ccc(OCC(=O)Nc3ccccc3F)c(Cl)c2)cc1. The van der Waals surface area contributed by atoms with Crippen molar-refractivity contribution in [3.05, 3.63) is 94.3 Å². The molecule has 0 aliphatic heterocycles. The molecule has 8 heteroatoms. The number of nitrogens with one attached hydrogen (secondary N) is 2. The zero-order valence-electron chi connectivity index (χ0n) is 16.6. The molecule has 0 saturated carbocycles. The van der Waals surface area contributed by atoms with Crippen LogP contribution in [0.2, 0.25) is 5.02 Å². The quantitative estimate of drug-likeness (QED) is 0.418. The largest absolute Gasteiger partial charge is 0.482 e. The van der Waals surface area contributed by atoms with Crippen LogP contribution in [0.5, 0.6) is 5.75 Å². The number of para-hydroxylation sites is 1. The van der Waals surface area contributed by atoms with Crippen molar-refractivity contribution in [2.24, 2.45) is 5.10 Å². The van der Waals surface area contributed by atoms with Crippen molar-refractivity contribution < 1.29 is 18.7 Å². The van der Waals surface area contributed by atoms with Gasteiger partial charge in [0.15, 0.2) is 6.61 Å². The van der Waals surface area contributed by atoms with Crippen molar-refractivity contribution >= 4 is 35.3 Å². The van der Waals surface area contributed by atoms with E-state index in [-0.39, 0.29) is 29.0 Å². The number of anilines is 1. The van der Waals surface area contributed by atoms with Crippen LogP contribution in [0.25, 0.3) is 0 Å². The fourth-order valence-electron chi connectivity index (χ4n) is 2.54. The van der Waals surface area contributed by atoms with Crippen LogP contribution in [0.4, 0.5) is 10.1 Å². The van der Waals surface area contributed by atoms with Gasteiger partial charge in [-0.25, -0.2) is 9.82 Å². The first-order valence-electron chi connectivity index (χ1n) is 9.29. The molecule has 0 spiro atoms. The number of halogens is 2.